The molecule has 1 amide bonds. The number of carbonyl (C=O) groups excluding carboxylic acids is 1. The van der Waals surface area contributed by atoms with E-state index in [-0.39, 0.29) is 18.3 Å². The van der Waals surface area contributed by atoms with Crippen LogP contribution in [-0.2, 0) is 4.79 Å². The predicted octanol–water partition coefficient (Wildman–Crippen LogP) is 2.97. The Hall–Kier alpha value is -1.93. The summed E-state index contributed by atoms with van der Waals surface area (Å²) in [7, 11) is 0. The van der Waals surface area contributed by atoms with Gasteiger partial charge in [0, 0.05) is 5.75 Å². The standard InChI is InChI=1S/C13H12FN3O2S2/c1-2-7-20-13-17-16-12(21-13)15-11(18)8-19-10-5-3-9(14)4-6-10/h2-6H,1,7-8H2,(H,15,16,18). The third kappa shape index (κ3) is 5.16. The van der Waals surface area contributed by atoms with E-state index >= 15 is 0 Å². The van der Waals surface area contributed by atoms with Crippen molar-refractivity contribution in [1.29, 1.82) is 0 Å². The Labute approximate surface area is 129 Å². The van der Waals surface area contributed by atoms with Crippen LogP contribution >= 0.6 is 23.1 Å². The minimum absolute atomic E-state index is 0.180. The highest BCUT2D eigenvalue weighted by atomic mass is 32.2. The van der Waals surface area contributed by atoms with Crippen molar-refractivity contribution in [1.82, 2.24) is 10.2 Å². The number of aromatic nitrogens is 2. The Balaban J connectivity index is 1.80. The Bertz CT molecular complexity index is 616. The van der Waals surface area contributed by atoms with Gasteiger partial charge in [0.05, 0.1) is 0 Å². The first-order valence-corrected chi connectivity index (χ1v) is 7.73. The van der Waals surface area contributed by atoms with Crippen LogP contribution in [0.2, 0.25) is 0 Å². The van der Waals surface area contributed by atoms with E-state index < -0.39 is 0 Å². The summed E-state index contributed by atoms with van der Waals surface area (Å²) >= 11 is 2.77. The highest BCUT2D eigenvalue weighted by molar-refractivity contribution is 8.01. The molecule has 2 rings (SSSR count). The van der Waals surface area contributed by atoms with E-state index in [2.05, 4.69) is 22.1 Å². The summed E-state index contributed by atoms with van der Waals surface area (Å²) in [5.41, 5.74) is 0. The minimum Gasteiger partial charge on any atom is -0.484 e. The third-order valence-electron chi connectivity index (χ3n) is 2.16. The maximum absolute atomic E-state index is 12.7. The first kappa shape index (κ1) is 15.5. The quantitative estimate of drug-likeness (QED) is 0.482. The van der Waals surface area contributed by atoms with Crippen LogP contribution in [0.4, 0.5) is 9.52 Å². The number of hydrogen-bond acceptors (Lipinski definition) is 6. The van der Waals surface area contributed by atoms with Crippen molar-refractivity contribution in [3.8, 4) is 5.75 Å². The van der Waals surface area contributed by atoms with Gasteiger partial charge < -0.3 is 4.74 Å². The Kier molecular flexibility index (Phi) is 5.70. The highest BCUT2D eigenvalue weighted by Crippen LogP contribution is 2.25. The molecule has 2 aromatic rings. The number of amides is 1. The van der Waals surface area contributed by atoms with E-state index in [0.717, 1.165) is 10.1 Å². The Morgan fingerprint density at radius 2 is 2.19 bits per heavy atom. The molecule has 0 fully saturated rings. The van der Waals surface area contributed by atoms with Crippen LogP contribution in [0.25, 0.3) is 0 Å². The average molecular weight is 325 g/mol. The lowest BCUT2D eigenvalue weighted by atomic mass is 10.3. The summed E-state index contributed by atoms with van der Waals surface area (Å²) in [6, 6.07) is 5.44. The molecular weight excluding hydrogens is 313 g/mol. The number of carbonyl (C=O) groups is 1. The molecule has 0 aliphatic rings. The normalized spacial score (nSPS) is 10.1. The molecule has 0 saturated carbocycles. The van der Waals surface area contributed by atoms with Gasteiger partial charge >= 0.3 is 0 Å². The number of rotatable bonds is 7. The van der Waals surface area contributed by atoms with Crippen molar-refractivity contribution in [3.05, 3.63) is 42.7 Å². The lowest BCUT2D eigenvalue weighted by Gasteiger charge is -2.05. The number of halogens is 1. The van der Waals surface area contributed by atoms with Gasteiger partial charge in [-0.25, -0.2) is 4.39 Å². The summed E-state index contributed by atoms with van der Waals surface area (Å²) in [6.07, 6.45) is 1.76. The van der Waals surface area contributed by atoms with Crippen LogP contribution in [0, 0.1) is 5.82 Å². The van der Waals surface area contributed by atoms with Gasteiger partial charge in [-0.05, 0) is 24.3 Å². The molecule has 0 radical (unpaired) electrons. The molecule has 0 unspecified atom stereocenters. The first-order valence-electron chi connectivity index (χ1n) is 5.93. The van der Waals surface area contributed by atoms with E-state index in [0.29, 0.717) is 10.9 Å². The second-order valence-electron chi connectivity index (χ2n) is 3.76. The molecule has 1 N–H and O–H groups in total. The molecule has 0 bridgehead atoms. The van der Waals surface area contributed by atoms with Crippen molar-refractivity contribution in [2.75, 3.05) is 17.7 Å². The molecule has 21 heavy (non-hydrogen) atoms. The fourth-order valence-corrected chi connectivity index (χ4v) is 2.81. The van der Waals surface area contributed by atoms with E-state index in [1.165, 1.54) is 47.4 Å². The Morgan fingerprint density at radius 3 is 2.90 bits per heavy atom. The zero-order valence-electron chi connectivity index (χ0n) is 10.9. The van der Waals surface area contributed by atoms with Crippen LogP contribution in [0.3, 0.4) is 0 Å². The van der Waals surface area contributed by atoms with Gasteiger partial charge in [0.2, 0.25) is 5.13 Å². The summed E-state index contributed by atoms with van der Waals surface area (Å²) < 4.78 is 18.7. The molecule has 0 aliphatic heterocycles. The maximum Gasteiger partial charge on any atom is 0.264 e. The number of nitrogens with zero attached hydrogens (tertiary/aromatic N) is 2. The number of nitrogens with one attached hydrogen (secondary N) is 1. The molecule has 5 nitrogen and oxygen atoms in total. The SMILES string of the molecule is C=CCSc1nnc(NC(=O)COc2ccc(F)cc2)s1. The van der Waals surface area contributed by atoms with Gasteiger partial charge in [0.15, 0.2) is 10.9 Å². The van der Waals surface area contributed by atoms with Gasteiger partial charge in [-0.3, -0.25) is 10.1 Å². The van der Waals surface area contributed by atoms with Gasteiger partial charge in [0.25, 0.3) is 5.91 Å². The third-order valence-corrected chi connectivity index (χ3v) is 4.13. The number of benzene rings is 1. The molecule has 0 saturated heterocycles. The van der Waals surface area contributed by atoms with Gasteiger partial charge in [0.1, 0.15) is 11.6 Å². The van der Waals surface area contributed by atoms with E-state index in [1.807, 2.05) is 0 Å². The zero-order chi connectivity index (χ0) is 15.1. The molecule has 0 spiro atoms. The lowest BCUT2D eigenvalue weighted by Crippen LogP contribution is -2.20. The molecule has 110 valence electrons. The molecule has 0 atom stereocenters. The molecule has 8 heteroatoms. The smallest absolute Gasteiger partial charge is 0.264 e. The van der Waals surface area contributed by atoms with Crippen molar-refractivity contribution in [2.24, 2.45) is 0 Å². The van der Waals surface area contributed by atoms with Crippen LogP contribution in [0.1, 0.15) is 0 Å². The maximum atomic E-state index is 12.7. The summed E-state index contributed by atoms with van der Waals surface area (Å²) in [5.74, 6) is 0.447. The van der Waals surface area contributed by atoms with Crippen molar-refractivity contribution >= 4 is 34.1 Å². The number of hydrogen-bond donors (Lipinski definition) is 1. The second-order valence-corrected chi connectivity index (χ2v) is 6.01. The zero-order valence-corrected chi connectivity index (χ0v) is 12.5. The second kappa shape index (κ2) is 7.75. The average Bonchev–Trinajstić information content (AvgIpc) is 2.92. The number of anilines is 1. The lowest BCUT2D eigenvalue weighted by molar-refractivity contribution is -0.118. The summed E-state index contributed by atoms with van der Waals surface area (Å²) in [6.45, 7) is 3.44. The van der Waals surface area contributed by atoms with Gasteiger partial charge in [-0.1, -0.05) is 29.2 Å². The fraction of sp³-hybridized carbons (Fsp3) is 0.154. The van der Waals surface area contributed by atoms with Gasteiger partial charge in [-0.15, -0.1) is 16.8 Å². The van der Waals surface area contributed by atoms with Gasteiger partial charge in [-0.2, -0.15) is 0 Å². The molecule has 1 heterocycles. The van der Waals surface area contributed by atoms with Crippen LogP contribution in [0.15, 0.2) is 41.3 Å². The fourth-order valence-electron chi connectivity index (χ4n) is 1.28. The first-order chi connectivity index (χ1) is 10.2. The molecule has 0 aliphatic carbocycles. The van der Waals surface area contributed by atoms with Crippen LogP contribution < -0.4 is 10.1 Å². The topological polar surface area (TPSA) is 64.1 Å². The summed E-state index contributed by atoms with van der Waals surface area (Å²) in [4.78, 5) is 11.7. The molecule has 1 aromatic heterocycles. The van der Waals surface area contributed by atoms with E-state index in [9.17, 15) is 9.18 Å². The highest BCUT2D eigenvalue weighted by Gasteiger charge is 2.09. The van der Waals surface area contributed by atoms with Crippen LogP contribution in [-0.4, -0.2) is 28.5 Å². The Morgan fingerprint density at radius 1 is 1.43 bits per heavy atom. The van der Waals surface area contributed by atoms with Crippen LogP contribution in [0.5, 0.6) is 5.75 Å². The van der Waals surface area contributed by atoms with Crippen molar-refractivity contribution in [2.45, 2.75) is 4.34 Å². The molecular formula is C13H12FN3O2S2. The molecule has 1 aromatic carbocycles. The predicted molar refractivity (Wildman–Crippen MR) is 81.4 cm³/mol. The largest absolute Gasteiger partial charge is 0.484 e. The van der Waals surface area contributed by atoms with E-state index in [1.54, 1.807) is 6.08 Å². The van der Waals surface area contributed by atoms with E-state index in [4.69, 9.17) is 4.74 Å². The number of thioether (sulfide) groups is 1. The monoisotopic (exact) mass is 325 g/mol. The summed E-state index contributed by atoms with van der Waals surface area (Å²) in [5, 5.41) is 10.8. The van der Waals surface area contributed by atoms with Crippen molar-refractivity contribution in [3.63, 3.8) is 0 Å². The van der Waals surface area contributed by atoms with Crippen molar-refractivity contribution < 1.29 is 13.9 Å². The number of ether oxygens (including phenoxy) is 1. The minimum atomic E-state index is -0.356.